The number of hydrogen-bond donors (Lipinski definition) is 2. The monoisotopic (exact) mass is 255 g/mol. The summed E-state index contributed by atoms with van der Waals surface area (Å²) in [5, 5.41) is 2.77. The maximum atomic E-state index is 12.3. The highest BCUT2D eigenvalue weighted by Crippen LogP contribution is 2.18. The number of amides is 1. The fourth-order valence-corrected chi connectivity index (χ4v) is 1.42. The zero-order chi connectivity index (χ0) is 13.6. The van der Waals surface area contributed by atoms with Crippen molar-refractivity contribution >= 4 is 5.91 Å². The Bertz CT molecular complexity index is 243. The molecular weight excluding hydrogens is 235 g/mol. The van der Waals surface area contributed by atoms with Gasteiger partial charge >= 0.3 is 6.18 Å². The van der Waals surface area contributed by atoms with E-state index in [9.17, 15) is 18.0 Å². The summed E-state index contributed by atoms with van der Waals surface area (Å²) in [5.74, 6) is -0.639. The number of carbonyl (C=O) groups excluding carboxylic acids is 1. The molecule has 0 radical (unpaired) electrons. The van der Waals surface area contributed by atoms with Crippen LogP contribution in [0.2, 0.25) is 0 Å². The predicted molar refractivity (Wildman–Crippen MR) is 59.4 cm³/mol. The van der Waals surface area contributed by atoms with E-state index >= 15 is 0 Å². The van der Waals surface area contributed by atoms with Gasteiger partial charge in [-0.25, -0.2) is 0 Å². The Balaban J connectivity index is 4.56. The summed E-state index contributed by atoms with van der Waals surface area (Å²) in [6, 6.07) is -1.07. The molecule has 0 aromatic carbocycles. The van der Waals surface area contributed by atoms with Crippen molar-refractivity contribution in [1.29, 1.82) is 0 Å². The van der Waals surface area contributed by atoms with Crippen molar-refractivity contribution in [3.63, 3.8) is 0 Å². The van der Waals surface area contributed by atoms with Crippen LogP contribution in [0.3, 0.4) is 0 Å². The van der Waals surface area contributed by atoms with Gasteiger partial charge in [0.25, 0.3) is 0 Å². The van der Waals surface area contributed by atoms with Gasteiger partial charge < -0.3 is 11.1 Å². The van der Waals surface area contributed by atoms with Gasteiger partial charge in [0.2, 0.25) is 5.91 Å². The normalized spacial score (nSPS) is 14.4. The zero-order valence-electron chi connectivity index (χ0n) is 10.3. The summed E-state index contributed by atoms with van der Waals surface area (Å²) in [6.45, 7) is 4.46. The maximum Gasteiger partial charge on any atom is 0.401 e. The Morgan fingerprint density at radius 2 is 1.94 bits per heavy atom. The quantitative estimate of drug-likeness (QED) is 0.705. The van der Waals surface area contributed by atoms with Crippen LogP contribution in [0.15, 0.2) is 0 Å². The molecule has 4 nitrogen and oxygen atoms in total. The fourth-order valence-electron chi connectivity index (χ4n) is 1.42. The highest BCUT2D eigenvalue weighted by atomic mass is 19.4. The fraction of sp³-hybridized carbons (Fsp3) is 0.900. The summed E-state index contributed by atoms with van der Waals surface area (Å²) in [4.78, 5) is 12.2. The lowest BCUT2D eigenvalue weighted by molar-refractivity contribution is -0.151. The van der Waals surface area contributed by atoms with Crippen LogP contribution in [-0.2, 0) is 4.79 Å². The lowest BCUT2D eigenvalue weighted by Gasteiger charge is -2.30. The Morgan fingerprint density at radius 1 is 1.41 bits per heavy atom. The van der Waals surface area contributed by atoms with Crippen LogP contribution in [0.25, 0.3) is 0 Å². The van der Waals surface area contributed by atoms with Gasteiger partial charge in [-0.3, -0.25) is 9.69 Å². The molecule has 0 aliphatic carbocycles. The van der Waals surface area contributed by atoms with Crippen LogP contribution in [-0.4, -0.2) is 48.7 Å². The molecule has 102 valence electrons. The van der Waals surface area contributed by atoms with Crippen LogP contribution in [0.5, 0.6) is 0 Å². The second-order valence-electron chi connectivity index (χ2n) is 4.15. The van der Waals surface area contributed by atoms with E-state index in [0.29, 0.717) is 6.54 Å². The van der Waals surface area contributed by atoms with Crippen molar-refractivity contribution in [2.45, 2.75) is 39.0 Å². The van der Waals surface area contributed by atoms with Crippen LogP contribution in [0, 0.1) is 0 Å². The zero-order valence-corrected chi connectivity index (χ0v) is 10.3. The molecule has 0 fully saturated rings. The maximum absolute atomic E-state index is 12.3. The van der Waals surface area contributed by atoms with Gasteiger partial charge in [-0.05, 0) is 20.4 Å². The molecule has 0 aliphatic heterocycles. The van der Waals surface area contributed by atoms with Gasteiger partial charge in [-0.15, -0.1) is 0 Å². The number of nitrogens with zero attached hydrogens (tertiary/aromatic N) is 1. The van der Waals surface area contributed by atoms with Crippen molar-refractivity contribution in [3.8, 4) is 0 Å². The van der Waals surface area contributed by atoms with Crippen LogP contribution in [0.1, 0.15) is 20.8 Å². The minimum absolute atomic E-state index is 0.0413. The number of carbonyl (C=O) groups is 1. The van der Waals surface area contributed by atoms with E-state index in [1.54, 1.807) is 20.8 Å². The topological polar surface area (TPSA) is 58.4 Å². The summed E-state index contributed by atoms with van der Waals surface area (Å²) >= 11 is 0. The molecule has 0 aromatic heterocycles. The smallest absolute Gasteiger partial charge is 0.368 e. The first-order valence-electron chi connectivity index (χ1n) is 5.50. The van der Waals surface area contributed by atoms with E-state index in [2.05, 4.69) is 5.32 Å². The van der Waals surface area contributed by atoms with Crippen molar-refractivity contribution < 1.29 is 18.0 Å². The third kappa shape index (κ3) is 7.17. The van der Waals surface area contributed by atoms with E-state index in [0.717, 1.165) is 0 Å². The Kier molecular flexibility index (Phi) is 6.48. The van der Waals surface area contributed by atoms with Crippen molar-refractivity contribution in [1.82, 2.24) is 10.2 Å². The van der Waals surface area contributed by atoms with Gasteiger partial charge in [0.1, 0.15) is 0 Å². The van der Waals surface area contributed by atoms with Crippen molar-refractivity contribution in [2.75, 3.05) is 19.6 Å². The van der Waals surface area contributed by atoms with Crippen LogP contribution >= 0.6 is 0 Å². The molecule has 0 rings (SSSR count). The number of nitrogens with one attached hydrogen (secondary N) is 1. The summed E-state index contributed by atoms with van der Waals surface area (Å²) < 4.78 is 37.0. The Labute approximate surface area is 99.3 Å². The lowest BCUT2D eigenvalue weighted by Crippen LogP contribution is -2.52. The molecule has 17 heavy (non-hydrogen) atoms. The first-order valence-corrected chi connectivity index (χ1v) is 5.50. The summed E-state index contributed by atoms with van der Waals surface area (Å²) in [6.07, 6.45) is -4.28. The van der Waals surface area contributed by atoms with E-state index in [4.69, 9.17) is 5.73 Å². The van der Waals surface area contributed by atoms with Crippen molar-refractivity contribution in [2.24, 2.45) is 5.73 Å². The third-order valence-corrected chi connectivity index (χ3v) is 2.32. The SMILES string of the molecule is CCNC(CN(CC(F)(F)F)C(C)C)C(N)=O. The largest absolute Gasteiger partial charge is 0.401 e. The number of primary amides is 1. The average molecular weight is 255 g/mol. The molecule has 0 spiro atoms. The lowest BCUT2D eigenvalue weighted by atomic mass is 10.2. The molecule has 0 saturated carbocycles. The molecule has 1 amide bonds. The first kappa shape index (κ1) is 16.2. The number of hydrogen-bond acceptors (Lipinski definition) is 3. The van der Waals surface area contributed by atoms with Crippen LogP contribution in [0.4, 0.5) is 13.2 Å². The molecule has 0 heterocycles. The minimum Gasteiger partial charge on any atom is -0.368 e. The number of alkyl halides is 3. The molecule has 7 heteroatoms. The summed E-state index contributed by atoms with van der Waals surface area (Å²) in [5.41, 5.74) is 5.13. The second kappa shape index (κ2) is 6.80. The Morgan fingerprint density at radius 3 is 2.24 bits per heavy atom. The number of nitrogens with two attached hydrogens (primary N) is 1. The third-order valence-electron chi connectivity index (χ3n) is 2.32. The van der Waals surface area contributed by atoms with Gasteiger partial charge in [0.05, 0.1) is 12.6 Å². The van der Waals surface area contributed by atoms with E-state index in [-0.39, 0.29) is 12.6 Å². The molecule has 1 atom stereocenters. The Hall–Kier alpha value is -0.820. The highest BCUT2D eigenvalue weighted by molar-refractivity contribution is 5.80. The highest BCUT2D eigenvalue weighted by Gasteiger charge is 2.33. The predicted octanol–water partition coefficient (Wildman–Crippen LogP) is 0.722. The first-order chi connectivity index (χ1) is 7.67. The van der Waals surface area contributed by atoms with Gasteiger partial charge in [0.15, 0.2) is 0 Å². The standard InChI is InChI=1S/C10H20F3N3O/c1-4-15-8(9(14)17)5-16(7(2)3)6-10(11,12)13/h7-8,15H,4-6H2,1-3H3,(H2,14,17). The molecule has 1 unspecified atom stereocenters. The van der Waals surface area contributed by atoms with Gasteiger partial charge in [-0.2, -0.15) is 13.2 Å². The van der Waals surface area contributed by atoms with Gasteiger partial charge in [0, 0.05) is 12.6 Å². The molecule has 0 saturated heterocycles. The molecular formula is C10H20F3N3O. The van der Waals surface area contributed by atoms with Gasteiger partial charge in [-0.1, -0.05) is 6.92 Å². The minimum atomic E-state index is -4.28. The molecule has 0 bridgehead atoms. The average Bonchev–Trinajstić information content (AvgIpc) is 2.13. The van der Waals surface area contributed by atoms with E-state index in [1.807, 2.05) is 0 Å². The number of halogens is 3. The van der Waals surface area contributed by atoms with E-state index < -0.39 is 24.7 Å². The number of likely N-dealkylation sites (N-methyl/N-ethyl adjacent to an activating group) is 1. The molecule has 3 N–H and O–H groups in total. The molecule has 0 aliphatic rings. The van der Waals surface area contributed by atoms with Crippen molar-refractivity contribution in [3.05, 3.63) is 0 Å². The summed E-state index contributed by atoms with van der Waals surface area (Å²) in [7, 11) is 0. The van der Waals surface area contributed by atoms with E-state index in [1.165, 1.54) is 4.90 Å². The second-order valence-corrected chi connectivity index (χ2v) is 4.15. The number of rotatable bonds is 7. The molecule has 0 aromatic rings. The van der Waals surface area contributed by atoms with Crippen LogP contribution < -0.4 is 11.1 Å².